The van der Waals surface area contributed by atoms with Crippen molar-refractivity contribution in [3.05, 3.63) is 34.0 Å². The maximum atomic E-state index is 12.1. The second kappa shape index (κ2) is 4.47. The summed E-state index contributed by atoms with van der Waals surface area (Å²) in [7, 11) is 0. The summed E-state index contributed by atoms with van der Waals surface area (Å²) in [6, 6.07) is 3.33. The predicted molar refractivity (Wildman–Crippen MR) is 74.0 cm³/mol. The van der Waals surface area contributed by atoms with Crippen molar-refractivity contribution in [2.45, 2.75) is 6.92 Å². The van der Waals surface area contributed by atoms with Gasteiger partial charge in [0, 0.05) is 17.5 Å². The molecule has 0 unspecified atom stereocenters. The molecule has 2 heterocycles. The van der Waals surface area contributed by atoms with Crippen LogP contribution in [0.3, 0.4) is 0 Å². The van der Waals surface area contributed by atoms with Gasteiger partial charge < -0.3 is 20.5 Å². The maximum Gasteiger partial charge on any atom is 0.256 e. The fraction of sp³-hybridized carbons (Fsp3) is 0.154. The number of fused-ring (bicyclic) bond motifs is 1. The highest BCUT2D eigenvalue weighted by atomic mass is 32.1. The molecule has 0 bridgehead atoms. The number of carbonyl (C=O) groups is 1. The van der Waals surface area contributed by atoms with Crippen LogP contribution in [0.5, 0.6) is 11.5 Å². The van der Waals surface area contributed by atoms with Crippen molar-refractivity contribution in [1.29, 1.82) is 0 Å². The SMILES string of the molecule is Cc1cscc1C(=O)Nc1cc2c(cc1N)OCO2. The normalized spacial score (nSPS) is 12.5. The van der Waals surface area contributed by atoms with Gasteiger partial charge in [-0.2, -0.15) is 11.3 Å². The van der Waals surface area contributed by atoms with Crippen LogP contribution in [0.25, 0.3) is 0 Å². The van der Waals surface area contributed by atoms with E-state index in [1.54, 1.807) is 12.1 Å². The summed E-state index contributed by atoms with van der Waals surface area (Å²) in [5.41, 5.74) is 8.46. The van der Waals surface area contributed by atoms with Crippen molar-refractivity contribution in [3.8, 4) is 11.5 Å². The van der Waals surface area contributed by atoms with Crippen molar-refractivity contribution in [1.82, 2.24) is 0 Å². The van der Waals surface area contributed by atoms with Crippen LogP contribution in [0.4, 0.5) is 11.4 Å². The highest BCUT2D eigenvalue weighted by molar-refractivity contribution is 7.08. The molecule has 1 amide bonds. The molecule has 19 heavy (non-hydrogen) atoms. The van der Waals surface area contributed by atoms with Crippen LogP contribution in [0.1, 0.15) is 15.9 Å². The highest BCUT2D eigenvalue weighted by Crippen LogP contribution is 2.38. The average Bonchev–Trinajstić information content (AvgIpc) is 2.98. The topological polar surface area (TPSA) is 73.6 Å². The average molecular weight is 276 g/mol. The van der Waals surface area contributed by atoms with E-state index in [-0.39, 0.29) is 12.7 Å². The summed E-state index contributed by atoms with van der Waals surface area (Å²) < 4.78 is 10.5. The summed E-state index contributed by atoms with van der Waals surface area (Å²) in [4.78, 5) is 12.1. The number of rotatable bonds is 2. The van der Waals surface area contributed by atoms with Crippen molar-refractivity contribution in [2.75, 3.05) is 17.8 Å². The first kappa shape index (κ1) is 11.9. The highest BCUT2D eigenvalue weighted by Gasteiger charge is 2.18. The molecule has 1 aromatic carbocycles. The van der Waals surface area contributed by atoms with Gasteiger partial charge in [-0.1, -0.05) is 0 Å². The molecule has 3 N–H and O–H groups in total. The molecule has 1 aliphatic heterocycles. The fourth-order valence-electron chi connectivity index (χ4n) is 1.85. The molecule has 5 nitrogen and oxygen atoms in total. The number of nitrogens with one attached hydrogen (secondary N) is 1. The Kier molecular flexibility index (Phi) is 2.79. The monoisotopic (exact) mass is 276 g/mol. The molecule has 98 valence electrons. The molecule has 0 aliphatic carbocycles. The van der Waals surface area contributed by atoms with E-state index in [0.717, 1.165) is 5.56 Å². The zero-order chi connectivity index (χ0) is 13.4. The van der Waals surface area contributed by atoms with Gasteiger partial charge >= 0.3 is 0 Å². The van der Waals surface area contributed by atoms with Gasteiger partial charge in [-0.15, -0.1) is 0 Å². The zero-order valence-electron chi connectivity index (χ0n) is 10.2. The van der Waals surface area contributed by atoms with Crippen LogP contribution < -0.4 is 20.5 Å². The molecule has 6 heteroatoms. The largest absolute Gasteiger partial charge is 0.454 e. The smallest absolute Gasteiger partial charge is 0.256 e. The maximum absolute atomic E-state index is 12.1. The molecule has 0 atom stereocenters. The molecule has 0 radical (unpaired) electrons. The van der Waals surface area contributed by atoms with E-state index in [1.165, 1.54) is 11.3 Å². The number of hydrogen-bond donors (Lipinski definition) is 2. The number of aryl methyl sites for hydroxylation is 1. The standard InChI is InChI=1S/C13H12N2O3S/c1-7-4-19-5-8(7)13(16)15-10-3-12-11(2-9(10)14)17-6-18-12/h2-5H,6,14H2,1H3,(H,15,16). The van der Waals surface area contributed by atoms with E-state index < -0.39 is 0 Å². The number of carbonyl (C=O) groups excluding carboxylic acids is 1. The van der Waals surface area contributed by atoms with Crippen molar-refractivity contribution >= 4 is 28.6 Å². The van der Waals surface area contributed by atoms with E-state index >= 15 is 0 Å². The third-order valence-corrected chi connectivity index (χ3v) is 3.75. The van der Waals surface area contributed by atoms with Gasteiger partial charge in [0.25, 0.3) is 5.91 Å². The Labute approximate surface area is 113 Å². The Morgan fingerprint density at radius 2 is 2.05 bits per heavy atom. The number of benzene rings is 1. The van der Waals surface area contributed by atoms with E-state index in [0.29, 0.717) is 28.4 Å². The molecular formula is C13H12N2O3S. The lowest BCUT2D eigenvalue weighted by atomic mass is 10.2. The molecule has 0 saturated heterocycles. The van der Waals surface area contributed by atoms with Gasteiger partial charge in [-0.25, -0.2) is 0 Å². The zero-order valence-corrected chi connectivity index (χ0v) is 11.0. The van der Waals surface area contributed by atoms with E-state index in [2.05, 4.69) is 5.32 Å². The Hall–Kier alpha value is -2.21. The third-order valence-electron chi connectivity index (χ3n) is 2.89. The van der Waals surface area contributed by atoms with Crippen molar-refractivity contribution in [2.24, 2.45) is 0 Å². The number of amides is 1. The van der Waals surface area contributed by atoms with Gasteiger partial charge in [0.1, 0.15) is 0 Å². The fourth-order valence-corrected chi connectivity index (χ4v) is 2.68. The van der Waals surface area contributed by atoms with Gasteiger partial charge in [-0.3, -0.25) is 4.79 Å². The predicted octanol–water partition coefficient (Wildman–Crippen LogP) is 2.62. The molecule has 0 spiro atoms. The lowest BCUT2D eigenvalue weighted by Crippen LogP contribution is -2.13. The molecule has 0 fully saturated rings. The minimum atomic E-state index is -0.177. The van der Waals surface area contributed by atoms with Crippen LogP contribution in [0.2, 0.25) is 0 Å². The second-order valence-electron chi connectivity index (χ2n) is 4.22. The van der Waals surface area contributed by atoms with Crippen molar-refractivity contribution in [3.63, 3.8) is 0 Å². The number of anilines is 2. The minimum Gasteiger partial charge on any atom is -0.454 e. The molecule has 0 saturated carbocycles. The second-order valence-corrected chi connectivity index (χ2v) is 4.96. The summed E-state index contributed by atoms with van der Waals surface area (Å²) >= 11 is 1.49. The van der Waals surface area contributed by atoms with Gasteiger partial charge in [0.05, 0.1) is 16.9 Å². The quantitative estimate of drug-likeness (QED) is 0.827. The number of nitrogens with two attached hydrogens (primary N) is 1. The first-order chi connectivity index (χ1) is 9.15. The molecule has 2 aromatic rings. The Bertz CT molecular complexity index is 651. The van der Waals surface area contributed by atoms with E-state index in [4.69, 9.17) is 15.2 Å². The number of ether oxygens (including phenoxy) is 2. The molecular weight excluding hydrogens is 264 g/mol. The first-order valence-corrected chi connectivity index (χ1v) is 6.62. The number of hydrogen-bond acceptors (Lipinski definition) is 5. The Morgan fingerprint density at radius 3 is 2.74 bits per heavy atom. The minimum absolute atomic E-state index is 0.176. The first-order valence-electron chi connectivity index (χ1n) is 5.68. The summed E-state index contributed by atoms with van der Waals surface area (Å²) in [5, 5.41) is 6.53. The summed E-state index contributed by atoms with van der Waals surface area (Å²) in [5.74, 6) is 1.01. The van der Waals surface area contributed by atoms with Crippen LogP contribution in [0, 0.1) is 6.92 Å². The molecule has 3 rings (SSSR count). The lowest BCUT2D eigenvalue weighted by Gasteiger charge is -2.09. The summed E-state index contributed by atoms with van der Waals surface area (Å²) in [6.45, 7) is 2.07. The van der Waals surface area contributed by atoms with Crippen LogP contribution in [-0.4, -0.2) is 12.7 Å². The Morgan fingerprint density at radius 1 is 1.32 bits per heavy atom. The van der Waals surface area contributed by atoms with E-state index in [9.17, 15) is 4.79 Å². The van der Waals surface area contributed by atoms with Crippen LogP contribution in [0.15, 0.2) is 22.9 Å². The lowest BCUT2D eigenvalue weighted by molar-refractivity contribution is 0.102. The number of nitrogen functional groups attached to an aromatic ring is 1. The van der Waals surface area contributed by atoms with Gasteiger partial charge in [0.2, 0.25) is 6.79 Å². The van der Waals surface area contributed by atoms with Crippen molar-refractivity contribution < 1.29 is 14.3 Å². The van der Waals surface area contributed by atoms with Crippen LogP contribution in [-0.2, 0) is 0 Å². The van der Waals surface area contributed by atoms with E-state index in [1.807, 2.05) is 17.7 Å². The van der Waals surface area contributed by atoms with Crippen LogP contribution >= 0.6 is 11.3 Å². The molecule has 1 aromatic heterocycles. The summed E-state index contributed by atoms with van der Waals surface area (Å²) in [6.07, 6.45) is 0. The number of thiophene rings is 1. The Balaban J connectivity index is 1.88. The van der Waals surface area contributed by atoms with Gasteiger partial charge in [-0.05, 0) is 17.9 Å². The third kappa shape index (κ3) is 2.10. The molecule has 1 aliphatic rings. The van der Waals surface area contributed by atoms with Gasteiger partial charge in [0.15, 0.2) is 11.5 Å².